The molecule has 1 aromatic heterocycles. The number of rotatable bonds is 8. The number of hydrogen-bond donors (Lipinski definition) is 2. The number of imidazole rings is 1. The lowest BCUT2D eigenvalue weighted by atomic mass is 10.2. The van der Waals surface area contributed by atoms with Gasteiger partial charge in [-0.1, -0.05) is 25.1 Å². The first-order chi connectivity index (χ1) is 15.3. The molecule has 1 amide bonds. The molecule has 0 aliphatic carbocycles. The Kier molecular flexibility index (Phi) is 6.31. The number of unbranched alkanes of at least 4 members (excludes halogenated alkanes) is 1. The van der Waals surface area contributed by atoms with E-state index >= 15 is 0 Å². The van der Waals surface area contributed by atoms with Gasteiger partial charge in [-0.15, -0.1) is 0 Å². The summed E-state index contributed by atoms with van der Waals surface area (Å²) < 4.78 is 36.1. The highest BCUT2D eigenvalue weighted by molar-refractivity contribution is 8.00. The van der Waals surface area contributed by atoms with Crippen LogP contribution in [0.1, 0.15) is 26.7 Å². The lowest BCUT2D eigenvalue weighted by molar-refractivity contribution is -0.115. The predicted octanol–water partition coefficient (Wildman–Crippen LogP) is 3.33. The average Bonchev–Trinajstić information content (AvgIpc) is 3.34. The van der Waals surface area contributed by atoms with Gasteiger partial charge in [-0.25, -0.2) is 18.5 Å². The van der Waals surface area contributed by atoms with Crippen LogP contribution in [0.3, 0.4) is 0 Å². The maximum atomic E-state index is 12.8. The zero-order chi connectivity index (χ0) is 22.9. The van der Waals surface area contributed by atoms with E-state index in [1.54, 1.807) is 31.2 Å². The van der Waals surface area contributed by atoms with Gasteiger partial charge in [0, 0.05) is 18.3 Å². The standard InChI is InChI=1S/C21H24N4O5S2/c1-3-4-9-25-17-7-6-15(32(22,27)28)11-16(17)24-21(25)31-13(2)20(26)23-14-5-8-18-19(10-14)30-12-29-18/h5-8,10-11,13H,3-4,9,12H2,1-2H3,(H,23,26)(H2,22,27,28)/t13-/m0/s1. The van der Waals surface area contributed by atoms with Crippen molar-refractivity contribution in [1.29, 1.82) is 0 Å². The van der Waals surface area contributed by atoms with Crippen molar-refractivity contribution in [3.63, 3.8) is 0 Å². The van der Waals surface area contributed by atoms with Crippen molar-refractivity contribution < 1.29 is 22.7 Å². The number of nitrogens with two attached hydrogens (primary N) is 1. The molecule has 2 aromatic carbocycles. The number of carbonyl (C=O) groups is 1. The highest BCUT2D eigenvalue weighted by atomic mass is 32.2. The van der Waals surface area contributed by atoms with Crippen LogP contribution in [0.25, 0.3) is 11.0 Å². The van der Waals surface area contributed by atoms with Crippen LogP contribution in [0.5, 0.6) is 11.5 Å². The number of fused-ring (bicyclic) bond motifs is 2. The lowest BCUT2D eigenvalue weighted by Gasteiger charge is -2.13. The molecule has 0 fully saturated rings. The molecule has 1 aliphatic rings. The molecule has 0 radical (unpaired) electrons. The van der Waals surface area contributed by atoms with Gasteiger partial charge in [-0.3, -0.25) is 4.79 Å². The van der Waals surface area contributed by atoms with Crippen molar-refractivity contribution in [3.05, 3.63) is 36.4 Å². The van der Waals surface area contributed by atoms with Gasteiger partial charge in [0.2, 0.25) is 22.7 Å². The molecule has 32 heavy (non-hydrogen) atoms. The summed E-state index contributed by atoms with van der Waals surface area (Å²) in [5, 5.41) is 8.35. The summed E-state index contributed by atoms with van der Waals surface area (Å²) >= 11 is 1.32. The van der Waals surface area contributed by atoms with Crippen molar-refractivity contribution in [2.75, 3.05) is 12.1 Å². The Labute approximate surface area is 190 Å². The zero-order valence-electron chi connectivity index (χ0n) is 17.7. The molecule has 9 nitrogen and oxygen atoms in total. The molecule has 3 aromatic rings. The molecule has 170 valence electrons. The minimum atomic E-state index is -3.83. The number of primary sulfonamides is 1. The molecule has 4 rings (SSSR count). The number of carbonyl (C=O) groups excluding carboxylic acids is 1. The van der Waals surface area contributed by atoms with E-state index in [1.807, 2.05) is 4.57 Å². The second-order valence-electron chi connectivity index (χ2n) is 7.41. The maximum absolute atomic E-state index is 12.8. The Morgan fingerprint density at radius 3 is 2.78 bits per heavy atom. The lowest BCUT2D eigenvalue weighted by Crippen LogP contribution is -2.23. The summed E-state index contributed by atoms with van der Waals surface area (Å²) in [5.74, 6) is 1.05. The number of anilines is 1. The van der Waals surface area contributed by atoms with Crippen LogP contribution in [-0.2, 0) is 21.4 Å². The van der Waals surface area contributed by atoms with Crippen LogP contribution in [0.15, 0.2) is 46.5 Å². The van der Waals surface area contributed by atoms with E-state index < -0.39 is 15.3 Å². The van der Waals surface area contributed by atoms with E-state index in [2.05, 4.69) is 17.2 Å². The summed E-state index contributed by atoms with van der Waals surface area (Å²) in [6.07, 6.45) is 1.91. The van der Waals surface area contributed by atoms with Crippen molar-refractivity contribution >= 4 is 44.4 Å². The van der Waals surface area contributed by atoms with Crippen LogP contribution in [0, 0.1) is 0 Å². The fraction of sp³-hybridized carbons (Fsp3) is 0.333. The van der Waals surface area contributed by atoms with Crippen molar-refractivity contribution in [2.24, 2.45) is 5.14 Å². The van der Waals surface area contributed by atoms with Gasteiger partial charge in [-0.2, -0.15) is 0 Å². The summed E-state index contributed by atoms with van der Waals surface area (Å²) in [5.41, 5.74) is 1.94. The number of thioether (sulfide) groups is 1. The largest absolute Gasteiger partial charge is 0.454 e. The quantitative estimate of drug-likeness (QED) is 0.478. The molecule has 1 atom stereocenters. The molecule has 3 N–H and O–H groups in total. The molecule has 11 heteroatoms. The highest BCUT2D eigenvalue weighted by Gasteiger charge is 2.22. The van der Waals surface area contributed by atoms with Crippen LogP contribution in [0.2, 0.25) is 0 Å². The Morgan fingerprint density at radius 2 is 2.03 bits per heavy atom. The molecule has 0 saturated heterocycles. The summed E-state index contributed by atoms with van der Waals surface area (Å²) in [7, 11) is -3.83. The number of aryl methyl sites for hydroxylation is 1. The monoisotopic (exact) mass is 476 g/mol. The number of ether oxygens (including phenoxy) is 2. The molecule has 0 unspecified atom stereocenters. The number of sulfonamides is 1. The van der Waals surface area contributed by atoms with Gasteiger partial charge in [0.05, 0.1) is 21.2 Å². The first-order valence-electron chi connectivity index (χ1n) is 10.2. The summed E-state index contributed by atoms with van der Waals surface area (Å²) in [6, 6.07) is 9.89. The van der Waals surface area contributed by atoms with Crippen LogP contribution < -0.4 is 19.9 Å². The van der Waals surface area contributed by atoms with Gasteiger partial charge >= 0.3 is 0 Å². The van der Waals surface area contributed by atoms with E-state index in [9.17, 15) is 13.2 Å². The number of aromatic nitrogens is 2. The third kappa shape index (κ3) is 4.69. The van der Waals surface area contributed by atoms with Gasteiger partial charge in [-0.05, 0) is 43.7 Å². The van der Waals surface area contributed by atoms with Crippen molar-refractivity contribution in [1.82, 2.24) is 9.55 Å². The minimum absolute atomic E-state index is 0.00953. The normalized spacial score (nSPS) is 14.0. The summed E-state index contributed by atoms with van der Waals surface area (Å²) in [4.78, 5) is 17.4. The Morgan fingerprint density at radius 1 is 1.25 bits per heavy atom. The molecular weight excluding hydrogens is 452 g/mol. The zero-order valence-corrected chi connectivity index (χ0v) is 19.3. The van der Waals surface area contributed by atoms with Gasteiger partial charge in [0.1, 0.15) is 0 Å². The number of amides is 1. The highest BCUT2D eigenvalue weighted by Crippen LogP contribution is 2.35. The molecule has 0 saturated carbocycles. The third-order valence-electron chi connectivity index (χ3n) is 5.04. The van der Waals surface area contributed by atoms with E-state index in [1.165, 1.54) is 23.9 Å². The third-order valence-corrected chi connectivity index (χ3v) is 7.04. The van der Waals surface area contributed by atoms with E-state index in [4.69, 9.17) is 14.6 Å². The van der Waals surface area contributed by atoms with E-state index in [0.29, 0.717) is 34.4 Å². The summed E-state index contributed by atoms with van der Waals surface area (Å²) in [6.45, 7) is 4.76. The number of hydrogen-bond acceptors (Lipinski definition) is 7. The number of nitrogens with one attached hydrogen (secondary N) is 1. The fourth-order valence-electron chi connectivity index (χ4n) is 3.32. The Balaban J connectivity index is 1.56. The topological polar surface area (TPSA) is 126 Å². The van der Waals surface area contributed by atoms with Crippen LogP contribution in [0.4, 0.5) is 5.69 Å². The Bertz CT molecular complexity index is 1270. The van der Waals surface area contributed by atoms with Crippen molar-refractivity contribution in [3.8, 4) is 11.5 Å². The number of nitrogens with zero attached hydrogens (tertiary/aromatic N) is 2. The van der Waals surface area contributed by atoms with Crippen LogP contribution in [-0.4, -0.2) is 35.9 Å². The van der Waals surface area contributed by atoms with Gasteiger partial charge in [0.25, 0.3) is 0 Å². The second-order valence-corrected chi connectivity index (χ2v) is 10.3. The van der Waals surface area contributed by atoms with Gasteiger partial charge < -0.3 is 19.4 Å². The van der Waals surface area contributed by atoms with Gasteiger partial charge in [0.15, 0.2) is 16.7 Å². The first-order valence-corrected chi connectivity index (χ1v) is 12.6. The van der Waals surface area contributed by atoms with E-state index in [0.717, 1.165) is 18.4 Å². The molecule has 1 aliphatic heterocycles. The van der Waals surface area contributed by atoms with E-state index in [-0.39, 0.29) is 17.6 Å². The maximum Gasteiger partial charge on any atom is 0.238 e. The SMILES string of the molecule is CCCCn1c(S[C@@H](C)C(=O)Nc2ccc3c(c2)OCO3)nc2cc(S(N)(=O)=O)ccc21. The number of benzene rings is 2. The van der Waals surface area contributed by atoms with Crippen LogP contribution >= 0.6 is 11.8 Å². The second kappa shape index (κ2) is 9.00. The molecule has 2 heterocycles. The molecule has 0 spiro atoms. The fourth-order valence-corrected chi connectivity index (χ4v) is 4.80. The Hall–Kier alpha value is -2.76. The average molecular weight is 477 g/mol. The van der Waals surface area contributed by atoms with Crippen molar-refractivity contribution in [2.45, 2.75) is 48.5 Å². The first kappa shape index (κ1) is 22.4. The molecule has 0 bridgehead atoms. The smallest absolute Gasteiger partial charge is 0.238 e. The predicted molar refractivity (Wildman–Crippen MR) is 123 cm³/mol. The molecular formula is C21H24N4O5S2. The minimum Gasteiger partial charge on any atom is -0.454 e.